The number of amides is 1. The summed E-state index contributed by atoms with van der Waals surface area (Å²) in [4.78, 5) is 17.3. The number of nitriles is 1. The predicted molar refractivity (Wildman–Crippen MR) is 111 cm³/mol. The Morgan fingerprint density at radius 2 is 1.82 bits per heavy atom. The van der Waals surface area contributed by atoms with Crippen LogP contribution >= 0.6 is 0 Å². The quantitative estimate of drug-likeness (QED) is 0.671. The molecular weight excluding hydrogens is 346 g/mol. The molecular formula is C24H23N3O. The smallest absolute Gasteiger partial charge is 0.224 e. The molecule has 1 amide bonds. The van der Waals surface area contributed by atoms with Crippen LogP contribution in [0.3, 0.4) is 0 Å². The summed E-state index contributed by atoms with van der Waals surface area (Å²) in [6.45, 7) is 0.0664. The highest BCUT2D eigenvalue weighted by Crippen LogP contribution is 2.42. The van der Waals surface area contributed by atoms with E-state index in [1.54, 1.807) is 0 Å². The molecule has 140 valence electrons. The summed E-state index contributed by atoms with van der Waals surface area (Å²) in [5.74, 6) is 0.0610. The highest BCUT2D eigenvalue weighted by molar-refractivity contribution is 5.94. The first-order chi connectivity index (χ1) is 13.8. The van der Waals surface area contributed by atoms with Crippen LogP contribution in [0.25, 0.3) is 22.0 Å². The topological polar surface area (TPSA) is 65.8 Å². The SMILES string of the molecule is N#CCNC(=O)C1CCCCC1c1ccccc1-c1cccc2cccnc12. The van der Waals surface area contributed by atoms with Gasteiger partial charge in [-0.3, -0.25) is 9.78 Å². The highest BCUT2D eigenvalue weighted by Gasteiger charge is 2.33. The van der Waals surface area contributed by atoms with Crippen molar-refractivity contribution in [3.05, 3.63) is 66.4 Å². The van der Waals surface area contributed by atoms with Crippen LogP contribution in [0.2, 0.25) is 0 Å². The van der Waals surface area contributed by atoms with Crippen molar-refractivity contribution in [3.8, 4) is 17.2 Å². The molecule has 0 saturated heterocycles. The number of pyridine rings is 1. The zero-order valence-corrected chi connectivity index (χ0v) is 15.8. The van der Waals surface area contributed by atoms with Crippen molar-refractivity contribution in [2.75, 3.05) is 6.54 Å². The van der Waals surface area contributed by atoms with Crippen molar-refractivity contribution in [2.24, 2.45) is 5.92 Å². The number of rotatable bonds is 4. The maximum atomic E-state index is 12.7. The van der Waals surface area contributed by atoms with Crippen LogP contribution in [0.1, 0.15) is 37.2 Å². The van der Waals surface area contributed by atoms with Gasteiger partial charge >= 0.3 is 0 Å². The summed E-state index contributed by atoms with van der Waals surface area (Å²) in [7, 11) is 0. The van der Waals surface area contributed by atoms with Gasteiger partial charge in [-0.2, -0.15) is 5.26 Å². The summed E-state index contributed by atoms with van der Waals surface area (Å²) in [5, 5.41) is 12.7. The average Bonchev–Trinajstić information content (AvgIpc) is 2.77. The van der Waals surface area contributed by atoms with Crippen molar-refractivity contribution in [3.63, 3.8) is 0 Å². The minimum atomic E-state index is -0.0915. The molecule has 28 heavy (non-hydrogen) atoms. The lowest BCUT2D eigenvalue weighted by atomic mass is 9.73. The van der Waals surface area contributed by atoms with E-state index in [0.29, 0.717) is 0 Å². The normalized spacial score (nSPS) is 19.1. The fraction of sp³-hybridized carbons (Fsp3) is 0.292. The number of carbonyl (C=O) groups excluding carboxylic acids is 1. The number of nitrogens with one attached hydrogen (secondary N) is 1. The van der Waals surface area contributed by atoms with Crippen molar-refractivity contribution in [1.29, 1.82) is 5.26 Å². The van der Waals surface area contributed by atoms with Crippen LogP contribution in [-0.2, 0) is 4.79 Å². The molecule has 2 aromatic carbocycles. The number of para-hydroxylation sites is 1. The summed E-state index contributed by atoms with van der Waals surface area (Å²) in [6, 6.07) is 20.7. The van der Waals surface area contributed by atoms with Crippen LogP contribution in [-0.4, -0.2) is 17.4 Å². The maximum Gasteiger partial charge on any atom is 0.224 e. The van der Waals surface area contributed by atoms with Gasteiger partial charge in [-0.15, -0.1) is 0 Å². The van der Waals surface area contributed by atoms with Gasteiger partial charge in [0.15, 0.2) is 0 Å². The first-order valence-electron chi connectivity index (χ1n) is 9.87. The fourth-order valence-electron chi connectivity index (χ4n) is 4.46. The summed E-state index contributed by atoms with van der Waals surface area (Å²) in [6.07, 6.45) is 5.85. The molecule has 4 rings (SSSR count). The number of hydrogen-bond acceptors (Lipinski definition) is 3. The monoisotopic (exact) mass is 369 g/mol. The summed E-state index contributed by atoms with van der Waals surface area (Å²) in [5.41, 5.74) is 4.45. The van der Waals surface area contributed by atoms with Crippen molar-refractivity contribution in [2.45, 2.75) is 31.6 Å². The van der Waals surface area contributed by atoms with Crippen molar-refractivity contribution in [1.82, 2.24) is 10.3 Å². The predicted octanol–water partition coefficient (Wildman–Crippen LogP) is 4.82. The van der Waals surface area contributed by atoms with Crippen LogP contribution in [0.4, 0.5) is 0 Å². The second-order valence-electron chi connectivity index (χ2n) is 7.34. The molecule has 0 spiro atoms. The lowest BCUT2D eigenvalue weighted by molar-refractivity contribution is -0.126. The molecule has 1 heterocycles. The number of nitrogens with zero attached hydrogens (tertiary/aromatic N) is 2. The maximum absolute atomic E-state index is 12.7. The van der Waals surface area contributed by atoms with Gasteiger partial charge in [-0.05, 0) is 36.0 Å². The van der Waals surface area contributed by atoms with Gasteiger partial charge in [-0.1, -0.05) is 61.4 Å². The third-order valence-electron chi connectivity index (χ3n) is 5.73. The first kappa shape index (κ1) is 18.2. The van der Waals surface area contributed by atoms with Gasteiger partial charge in [0.1, 0.15) is 6.54 Å². The van der Waals surface area contributed by atoms with E-state index in [2.05, 4.69) is 52.8 Å². The van der Waals surface area contributed by atoms with Crippen LogP contribution < -0.4 is 5.32 Å². The molecule has 4 nitrogen and oxygen atoms in total. The largest absolute Gasteiger partial charge is 0.343 e. The minimum Gasteiger partial charge on any atom is -0.343 e. The summed E-state index contributed by atoms with van der Waals surface area (Å²) >= 11 is 0. The zero-order valence-electron chi connectivity index (χ0n) is 15.8. The molecule has 2 atom stereocenters. The lowest BCUT2D eigenvalue weighted by Gasteiger charge is -2.32. The third-order valence-corrected chi connectivity index (χ3v) is 5.73. The molecule has 0 aliphatic heterocycles. The molecule has 1 saturated carbocycles. The van der Waals surface area contributed by atoms with Crippen molar-refractivity contribution >= 4 is 16.8 Å². The van der Waals surface area contributed by atoms with E-state index >= 15 is 0 Å². The Labute approximate surface area is 165 Å². The number of hydrogen-bond donors (Lipinski definition) is 1. The molecule has 4 heteroatoms. The molecule has 1 N–H and O–H groups in total. The van der Waals surface area contributed by atoms with Gasteiger partial charge in [0.25, 0.3) is 0 Å². The summed E-state index contributed by atoms with van der Waals surface area (Å²) < 4.78 is 0. The van der Waals surface area contributed by atoms with E-state index in [-0.39, 0.29) is 24.3 Å². The molecule has 0 radical (unpaired) electrons. The van der Waals surface area contributed by atoms with Gasteiger partial charge in [-0.25, -0.2) is 0 Å². The third kappa shape index (κ3) is 3.48. The highest BCUT2D eigenvalue weighted by atomic mass is 16.1. The van der Waals surface area contributed by atoms with Gasteiger partial charge in [0.2, 0.25) is 5.91 Å². The fourth-order valence-corrected chi connectivity index (χ4v) is 4.46. The van der Waals surface area contributed by atoms with Crippen molar-refractivity contribution < 1.29 is 4.79 Å². The van der Waals surface area contributed by atoms with Gasteiger partial charge in [0, 0.05) is 23.1 Å². The van der Waals surface area contributed by atoms with E-state index in [9.17, 15) is 4.79 Å². The second-order valence-corrected chi connectivity index (χ2v) is 7.34. The van der Waals surface area contributed by atoms with E-state index in [0.717, 1.165) is 47.7 Å². The Balaban J connectivity index is 1.78. The van der Waals surface area contributed by atoms with Gasteiger partial charge < -0.3 is 5.32 Å². The Morgan fingerprint density at radius 1 is 1.04 bits per heavy atom. The van der Waals surface area contributed by atoms with E-state index in [4.69, 9.17) is 5.26 Å². The average molecular weight is 369 g/mol. The van der Waals surface area contributed by atoms with Crippen LogP contribution in [0.15, 0.2) is 60.8 Å². The molecule has 0 bridgehead atoms. The Hall–Kier alpha value is -3.19. The number of carbonyl (C=O) groups is 1. The van der Waals surface area contributed by atoms with Gasteiger partial charge in [0.05, 0.1) is 11.6 Å². The molecule has 1 fully saturated rings. The Kier molecular flexibility index (Phi) is 5.34. The van der Waals surface area contributed by atoms with E-state index in [1.807, 2.05) is 24.4 Å². The lowest BCUT2D eigenvalue weighted by Crippen LogP contribution is -2.36. The molecule has 3 aromatic rings. The van der Waals surface area contributed by atoms with Crippen LogP contribution in [0.5, 0.6) is 0 Å². The number of aromatic nitrogens is 1. The zero-order chi connectivity index (χ0) is 19.3. The number of benzene rings is 2. The molecule has 1 aromatic heterocycles. The minimum absolute atomic E-state index is 0.00269. The molecule has 1 aliphatic carbocycles. The van der Waals surface area contributed by atoms with E-state index < -0.39 is 0 Å². The molecule has 1 aliphatic rings. The van der Waals surface area contributed by atoms with E-state index in [1.165, 1.54) is 5.56 Å². The van der Waals surface area contributed by atoms with Crippen LogP contribution in [0, 0.1) is 17.2 Å². The molecule has 2 unspecified atom stereocenters. The first-order valence-corrected chi connectivity index (χ1v) is 9.87. The Bertz CT molecular complexity index is 1030. The Morgan fingerprint density at radius 3 is 2.71 bits per heavy atom. The second kappa shape index (κ2) is 8.22. The standard InChI is InChI=1S/C24H23N3O/c25-14-16-27-24(28)22-12-4-3-11-20(22)18-9-1-2-10-19(18)21-13-5-7-17-8-6-15-26-23(17)21/h1-2,5-10,13,15,20,22H,3-4,11-12,16H2,(H,27,28). The number of fused-ring (bicyclic) bond motifs is 1.